The lowest BCUT2D eigenvalue weighted by Gasteiger charge is -2.35. The highest BCUT2D eigenvalue weighted by Gasteiger charge is 2.31. The molecule has 0 radical (unpaired) electrons. The summed E-state index contributed by atoms with van der Waals surface area (Å²) in [6.07, 6.45) is 0.951. The van der Waals surface area contributed by atoms with E-state index in [1.807, 2.05) is 17.0 Å². The zero-order chi connectivity index (χ0) is 15.5. The number of piperazine rings is 1. The number of nitrogens with zero attached hydrogens (tertiary/aromatic N) is 3. The Morgan fingerprint density at radius 1 is 1.18 bits per heavy atom. The van der Waals surface area contributed by atoms with E-state index in [1.165, 1.54) is 5.56 Å². The van der Waals surface area contributed by atoms with Gasteiger partial charge in [0, 0.05) is 44.5 Å². The van der Waals surface area contributed by atoms with Gasteiger partial charge < -0.3 is 10.0 Å². The predicted molar refractivity (Wildman–Crippen MR) is 87.1 cm³/mol. The average Bonchev–Trinajstić information content (AvgIpc) is 2.85. The van der Waals surface area contributed by atoms with E-state index in [-0.39, 0.29) is 18.6 Å². The van der Waals surface area contributed by atoms with Gasteiger partial charge in [-0.3, -0.25) is 14.6 Å². The van der Waals surface area contributed by atoms with E-state index in [9.17, 15) is 4.79 Å². The summed E-state index contributed by atoms with van der Waals surface area (Å²) in [5.41, 5.74) is 2.36. The molecule has 0 bridgehead atoms. The minimum absolute atomic E-state index is 0.202. The molecule has 1 amide bonds. The van der Waals surface area contributed by atoms with Crippen LogP contribution < -0.4 is 4.90 Å². The number of para-hydroxylation sites is 1. The van der Waals surface area contributed by atoms with E-state index in [0.717, 1.165) is 44.8 Å². The topological polar surface area (TPSA) is 47.0 Å². The van der Waals surface area contributed by atoms with Crippen molar-refractivity contribution >= 4 is 11.6 Å². The third-order valence-electron chi connectivity index (χ3n) is 4.72. The number of aliphatic hydroxyl groups is 1. The zero-order valence-electron chi connectivity index (χ0n) is 13.2. The molecule has 0 spiro atoms. The number of benzene rings is 1. The Bertz CT molecular complexity index is 526. The quantitative estimate of drug-likeness (QED) is 0.884. The lowest BCUT2D eigenvalue weighted by molar-refractivity contribution is -0.120. The molecule has 1 aromatic carbocycles. The molecule has 2 aliphatic heterocycles. The van der Waals surface area contributed by atoms with Gasteiger partial charge in [-0.05, 0) is 25.0 Å². The zero-order valence-corrected chi connectivity index (χ0v) is 13.2. The second-order valence-electron chi connectivity index (χ2n) is 6.29. The van der Waals surface area contributed by atoms with Crippen LogP contribution in [0.15, 0.2) is 24.3 Å². The van der Waals surface area contributed by atoms with Crippen molar-refractivity contribution in [2.24, 2.45) is 0 Å². The fourth-order valence-corrected chi connectivity index (χ4v) is 3.53. The summed E-state index contributed by atoms with van der Waals surface area (Å²) < 4.78 is 0. The second kappa shape index (κ2) is 6.77. The molecule has 1 saturated heterocycles. The van der Waals surface area contributed by atoms with Gasteiger partial charge in [-0.25, -0.2) is 0 Å². The van der Waals surface area contributed by atoms with Gasteiger partial charge >= 0.3 is 0 Å². The molecule has 0 saturated carbocycles. The highest BCUT2D eigenvalue weighted by molar-refractivity contribution is 5.97. The molecule has 5 nitrogen and oxygen atoms in total. The van der Waals surface area contributed by atoms with Crippen LogP contribution in [0.4, 0.5) is 5.69 Å². The van der Waals surface area contributed by atoms with Crippen molar-refractivity contribution in [1.82, 2.24) is 9.80 Å². The Labute approximate surface area is 132 Å². The van der Waals surface area contributed by atoms with Gasteiger partial charge in [0.1, 0.15) is 0 Å². The van der Waals surface area contributed by atoms with Crippen LogP contribution in [0.1, 0.15) is 12.5 Å². The van der Waals surface area contributed by atoms with Gasteiger partial charge in [-0.1, -0.05) is 18.2 Å². The summed E-state index contributed by atoms with van der Waals surface area (Å²) in [5, 5.41) is 8.98. The Hall–Kier alpha value is -1.43. The largest absolute Gasteiger partial charge is 0.395 e. The Morgan fingerprint density at radius 3 is 2.59 bits per heavy atom. The van der Waals surface area contributed by atoms with Crippen LogP contribution in [0, 0.1) is 0 Å². The molecule has 0 aromatic heterocycles. The summed E-state index contributed by atoms with van der Waals surface area (Å²) >= 11 is 0. The van der Waals surface area contributed by atoms with Crippen molar-refractivity contribution in [3.8, 4) is 0 Å². The average molecular weight is 303 g/mol. The highest BCUT2D eigenvalue weighted by Crippen LogP contribution is 2.31. The van der Waals surface area contributed by atoms with Crippen molar-refractivity contribution in [2.45, 2.75) is 19.4 Å². The predicted octanol–water partition coefficient (Wildman–Crippen LogP) is 0.574. The molecule has 1 aromatic rings. The van der Waals surface area contributed by atoms with Crippen LogP contribution in [0.5, 0.6) is 0 Å². The Balaban J connectivity index is 1.59. The van der Waals surface area contributed by atoms with E-state index in [4.69, 9.17) is 5.11 Å². The number of anilines is 1. The number of β-amino-alcohol motifs (C(OH)–C–C–N with tert-alkyl or cyclic N) is 1. The minimum atomic E-state index is 0.202. The molecule has 2 heterocycles. The Morgan fingerprint density at radius 2 is 1.86 bits per heavy atom. The van der Waals surface area contributed by atoms with Crippen LogP contribution in [0.3, 0.4) is 0 Å². The molecule has 0 aliphatic carbocycles. The van der Waals surface area contributed by atoms with Crippen molar-refractivity contribution in [1.29, 1.82) is 0 Å². The standard InChI is InChI=1S/C17H25N3O2/c1-14-12-15-4-2-3-5-16(15)20(14)17(22)13-19-8-6-18(7-9-19)10-11-21/h2-5,14,21H,6-13H2,1H3/t14-/m0/s1. The first-order valence-electron chi connectivity index (χ1n) is 8.14. The first-order valence-corrected chi connectivity index (χ1v) is 8.14. The molecule has 3 rings (SSSR count). The van der Waals surface area contributed by atoms with E-state index in [2.05, 4.69) is 28.9 Å². The maximum atomic E-state index is 12.7. The van der Waals surface area contributed by atoms with Crippen molar-refractivity contribution < 1.29 is 9.90 Å². The molecular weight excluding hydrogens is 278 g/mol. The van der Waals surface area contributed by atoms with Gasteiger partial charge in [0.05, 0.1) is 13.2 Å². The van der Waals surface area contributed by atoms with Crippen molar-refractivity contribution in [3.63, 3.8) is 0 Å². The molecule has 22 heavy (non-hydrogen) atoms. The second-order valence-corrected chi connectivity index (χ2v) is 6.29. The summed E-state index contributed by atoms with van der Waals surface area (Å²) in [5.74, 6) is 0.202. The molecule has 1 fully saturated rings. The monoisotopic (exact) mass is 303 g/mol. The number of carbonyl (C=O) groups is 1. The van der Waals surface area contributed by atoms with Crippen LogP contribution in [0.25, 0.3) is 0 Å². The number of hydrogen-bond acceptors (Lipinski definition) is 4. The molecule has 2 aliphatic rings. The van der Waals surface area contributed by atoms with Crippen LogP contribution >= 0.6 is 0 Å². The fourth-order valence-electron chi connectivity index (χ4n) is 3.53. The molecule has 0 unspecified atom stereocenters. The maximum absolute atomic E-state index is 12.7. The Kier molecular flexibility index (Phi) is 4.76. The van der Waals surface area contributed by atoms with Crippen LogP contribution in [-0.4, -0.2) is 72.7 Å². The highest BCUT2D eigenvalue weighted by atomic mass is 16.3. The normalized spacial score (nSPS) is 22.8. The summed E-state index contributed by atoms with van der Waals surface area (Å²) in [4.78, 5) is 19.2. The van der Waals surface area contributed by atoms with E-state index in [1.54, 1.807) is 0 Å². The number of fused-ring (bicyclic) bond motifs is 1. The third kappa shape index (κ3) is 3.16. The van der Waals surface area contributed by atoms with E-state index < -0.39 is 0 Å². The molecule has 1 atom stereocenters. The summed E-state index contributed by atoms with van der Waals surface area (Å²) in [6.45, 7) is 7.22. The number of rotatable bonds is 4. The fraction of sp³-hybridized carbons (Fsp3) is 0.588. The van der Waals surface area contributed by atoms with Crippen molar-refractivity contribution in [3.05, 3.63) is 29.8 Å². The number of aliphatic hydroxyl groups excluding tert-OH is 1. The molecule has 120 valence electrons. The lowest BCUT2D eigenvalue weighted by Crippen LogP contribution is -2.51. The summed E-state index contributed by atoms with van der Waals surface area (Å²) in [6, 6.07) is 8.47. The molecular formula is C17H25N3O2. The van der Waals surface area contributed by atoms with E-state index in [0.29, 0.717) is 6.54 Å². The van der Waals surface area contributed by atoms with Gasteiger partial charge in [0.25, 0.3) is 0 Å². The SMILES string of the molecule is C[C@H]1Cc2ccccc2N1C(=O)CN1CCN(CCO)CC1. The maximum Gasteiger partial charge on any atom is 0.241 e. The van der Waals surface area contributed by atoms with Gasteiger partial charge in [-0.15, -0.1) is 0 Å². The minimum Gasteiger partial charge on any atom is -0.395 e. The van der Waals surface area contributed by atoms with Gasteiger partial charge in [-0.2, -0.15) is 0 Å². The molecule has 5 heteroatoms. The van der Waals surface area contributed by atoms with E-state index >= 15 is 0 Å². The lowest BCUT2D eigenvalue weighted by atomic mass is 10.1. The first-order chi connectivity index (χ1) is 10.7. The van der Waals surface area contributed by atoms with Gasteiger partial charge in [0.15, 0.2) is 0 Å². The smallest absolute Gasteiger partial charge is 0.241 e. The van der Waals surface area contributed by atoms with Crippen LogP contribution in [-0.2, 0) is 11.2 Å². The number of carbonyl (C=O) groups excluding carboxylic acids is 1. The number of hydrogen-bond donors (Lipinski definition) is 1. The van der Waals surface area contributed by atoms with Crippen molar-refractivity contribution in [2.75, 3.05) is 50.8 Å². The molecule has 1 N–H and O–H groups in total. The van der Waals surface area contributed by atoms with Gasteiger partial charge in [0.2, 0.25) is 5.91 Å². The number of amides is 1. The first kappa shape index (κ1) is 15.5. The van der Waals surface area contributed by atoms with Crippen LogP contribution in [0.2, 0.25) is 0 Å². The third-order valence-corrected chi connectivity index (χ3v) is 4.72. The summed E-state index contributed by atoms with van der Waals surface area (Å²) in [7, 11) is 0.